The summed E-state index contributed by atoms with van der Waals surface area (Å²) in [5, 5.41) is 17.7. The highest BCUT2D eigenvalue weighted by molar-refractivity contribution is 5.84. The van der Waals surface area contributed by atoms with Crippen LogP contribution in [-0.4, -0.2) is 25.0 Å². The first kappa shape index (κ1) is 10.1. The van der Waals surface area contributed by atoms with Gasteiger partial charge in [-0.2, -0.15) is 5.26 Å². The van der Waals surface area contributed by atoms with Gasteiger partial charge in [-0.25, -0.2) is 0 Å². The van der Waals surface area contributed by atoms with Crippen molar-refractivity contribution in [2.24, 2.45) is 4.99 Å². The number of aliphatic imine (C=N–C) groups is 1. The minimum absolute atomic E-state index is 0.0800. The number of aromatic hydroxyl groups is 1. The molecule has 0 aliphatic rings. The molecule has 0 aliphatic heterocycles. The lowest BCUT2D eigenvalue weighted by molar-refractivity contribution is 0.412. The summed E-state index contributed by atoms with van der Waals surface area (Å²) in [4.78, 5) is 3.79. The standard InChI is InChI=1S/C10H10N2O2/c1-14-9-2-3-10(13)8(6-9)7-12-5-4-11/h2-3,6-7,13H,5H2,1H3. The number of benzene rings is 1. The molecular weight excluding hydrogens is 180 g/mol. The number of rotatable bonds is 3. The Morgan fingerprint density at radius 1 is 1.64 bits per heavy atom. The summed E-state index contributed by atoms with van der Waals surface area (Å²) in [6, 6.07) is 6.69. The van der Waals surface area contributed by atoms with Crippen LogP contribution in [0.25, 0.3) is 0 Å². The predicted octanol–water partition coefficient (Wildman–Crippen LogP) is 1.34. The maximum Gasteiger partial charge on any atom is 0.126 e. The number of nitriles is 1. The third-order valence-electron chi connectivity index (χ3n) is 1.63. The number of hydrogen-bond donors (Lipinski definition) is 1. The van der Waals surface area contributed by atoms with E-state index in [0.29, 0.717) is 11.3 Å². The van der Waals surface area contributed by atoms with Crippen molar-refractivity contribution in [3.05, 3.63) is 23.8 Å². The zero-order valence-corrected chi connectivity index (χ0v) is 7.77. The number of nitrogens with zero attached hydrogens (tertiary/aromatic N) is 2. The number of ether oxygens (including phenoxy) is 1. The molecule has 1 aromatic carbocycles. The van der Waals surface area contributed by atoms with E-state index in [9.17, 15) is 5.11 Å². The molecule has 0 unspecified atom stereocenters. The largest absolute Gasteiger partial charge is 0.507 e. The van der Waals surface area contributed by atoms with E-state index in [2.05, 4.69) is 4.99 Å². The highest BCUT2D eigenvalue weighted by Crippen LogP contribution is 2.20. The topological polar surface area (TPSA) is 65.6 Å². The SMILES string of the molecule is COc1ccc(O)c(C=NCC#N)c1. The highest BCUT2D eigenvalue weighted by Gasteiger charge is 1.99. The van der Waals surface area contributed by atoms with Gasteiger partial charge < -0.3 is 9.84 Å². The van der Waals surface area contributed by atoms with E-state index < -0.39 is 0 Å². The van der Waals surface area contributed by atoms with Crippen LogP contribution in [0.3, 0.4) is 0 Å². The van der Waals surface area contributed by atoms with Gasteiger partial charge in [0.1, 0.15) is 18.0 Å². The maximum atomic E-state index is 9.40. The molecule has 1 N–H and O–H groups in total. The van der Waals surface area contributed by atoms with Crippen molar-refractivity contribution < 1.29 is 9.84 Å². The Kier molecular flexibility index (Phi) is 3.50. The first-order chi connectivity index (χ1) is 6.77. The second kappa shape index (κ2) is 4.87. The van der Waals surface area contributed by atoms with Crippen molar-refractivity contribution in [3.63, 3.8) is 0 Å². The molecule has 0 aromatic heterocycles. The molecule has 0 saturated heterocycles. The van der Waals surface area contributed by atoms with E-state index in [1.165, 1.54) is 12.3 Å². The molecule has 72 valence electrons. The smallest absolute Gasteiger partial charge is 0.126 e. The van der Waals surface area contributed by atoms with Crippen molar-refractivity contribution in [2.45, 2.75) is 0 Å². The fourth-order valence-electron chi connectivity index (χ4n) is 0.948. The Hall–Kier alpha value is -2.02. The van der Waals surface area contributed by atoms with Gasteiger partial charge in [0.25, 0.3) is 0 Å². The summed E-state index contributed by atoms with van der Waals surface area (Å²) < 4.78 is 4.98. The van der Waals surface area contributed by atoms with Gasteiger partial charge in [0.15, 0.2) is 0 Å². The van der Waals surface area contributed by atoms with Crippen LogP contribution in [0.2, 0.25) is 0 Å². The van der Waals surface area contributed by atoms with Crippen LogP contribution in [0, 0.1) is 11.3 Å². The molecule has 0 aliphatic carbocycles. The molecule has 14 heavy (non-hydrogen) atoms. The van der Waals surface area contributed by atoms with Crippen molar-refractivity contribution in [1.29, 1.82) is 5.26 Å². The first-order valence-electron chi connectivity index (χ1n) is 4.01. The van der Waals surface area contributed by atoms with E-state index in [4.69, 9.17) is 10.00 Å². The molecule has 0 saturated carbocycles. The number of phenolic OH excluding ortho intramolecular Hbond substituents is 1. The van der Waals surface area contributed by atoms with Gasteiger partial charge in [0.05, 0.1) is 13.2 Å². The fourth-order valence-corrected chi connectivity index (χ4v) is 0.948. The Morgan fingerprint density at radius 2 is 2.43 bits per heavy atom. The van der Waals surface area contributed by atoms with Crippen molar-refractivity contribution in [3.8, 4) is 17.6 Å². The zero-order chi connectivity index (χ0) is 10.4. The quantitative estimate of drug-likeness (QED) is 0.577. The molecular formula is C10H10N2O2. The highest BCUT2D eigenvalue weighted by atomic mass is 16.5. The number of methoxy groups -OCH3 is 1. The van der Waals surface area contributed by atoms with Crippen molar-refractivity contribution >= 4 is 6.21 Å². The van der Waals surface area contributed by atoms with Gasteiger partial charge in [-0.3, -0.25) is 4.99 Å². The van der Waals surface area contributed by atoms with Crippen LogP contribution in [0.15, 0.2) is 23.2 Å². The third-order valence-corrected chi connectivity index (χ3v) is 1.63. The van der Waals surface area contributed by atoms with Crippen molar-refractivity contribution in [2.75, 3.05) is 13.7 Å². The van der Waals surface area contributed by atoms with Crippen LogP contribution < -0.4 is 4.74 Å². The van der Waals surface area contributed by atoms with Crippen LogP contribution in [0.1, 0.15) is 5.56 Å². The van der Waals surface area contributed by atoms with Crippen LogP contribution in [-0.2, 0) is 0 Å². The molecule has 0 amide bonds. The lowest BCUT2D eigenvalue weighted by Gasteiger charge is -2.02. The first-order valence-corrected chi connectivity index (χ1v) is 4.01. The molecule has 1 aromatic rings. The number of phenols is 1. The second-order valence-corrected chi connectivity index (χ2v) is 2.55. The van der Waals surface area contributed by atoms with Crippen LogP contribution in [0.5, 0.6) is 11.5 Å². The summed E-state index contributed by atoms with van der Waals surface area (Å²) >= 11 is 0. The maximum absolute atomic E-state index is 9.40. The third kappa shape index (κ3) is 2.49. The minimum atomic E-state index is 0.0800. The average Bonchev–Trinajstić information content (AvgIpc) is 2.21. The fraction of sp³-hybridized carbons (Fsp3) is 0.200. The molecule has 0 spiro atoms. The molecule has 4 nitrogen and oxygen atoms in total. The van der Waals surface area contributed by atoms with E-state index in [1.54, 1.807) is 19.2 Å². The van der Waals surface area contributed by atoms with E-state index >= 15 is 0 Å². The van der Waals surface area contributed by atoms with E-state index in [0.717, 1.165) is 0 Å². The Labute approximate surface area is 82.1 Å². The summed E-state index contributed by atoms with van der Waals surface area (Å²) in [5.74, 6) is 0.758. The van der Waals surface area contributed by atoms with Crippen LogP contribution in [0.4, 0.5) is 0 Å². The monoisotopic (exact) mass is 190 g/mol. The molecule has 0 atom stereocenters. The van der Waals surface area contributed by atoms with Crippen molar-refractivity contribution in [1.82, 2.24) is 0 Å². The van der Waals surface area contributed by atoms with Gasteiger partial charge in [0.2, 0.25) is 0 Å². The Morgan fingerprint density at radius 3 is 3.07 bits per heavy atom. The normalized spacial score (nSPS) is 10.0. The summed E-state index contributed by atoms with van der Waals surface area (Å²) in [5.41, 5.74) is 0.541. The summed E-state index contributed by atoms with van der Waals surface area (Å²) in [7, 11) is 1.54. The van der Waals surface area contributed by atoms with Gasteiger partial charge in [-0.05, 0) is 18.2 Å². The molecule has 4 heteroatoms. The van der Waals surface area contributed by atoms with Crippen LogP contribution >= 0.6 is 0 Å². The second-order valence-electron chi connectivity index (χ2n) is 2.55. The molecule has 0 bridgehead atoms. The van der Waals surface area contributed by atoms with E-state index in [-0.39, 0.29) is 12.3 Å². The zero-order valence-electron chi connectivity index (χ0n) is 7.77. The Balaban J connectivity index is 2.90. The van der Waals surface area contributed by atoms with Gasteiger partial charge >= 0.3 is 0 Å². The molecule has 0 fully saturated rings. The van der Waals surface area contributed by atoms with Gasteiger partial charge in [0, 0.05) is 11.8 Å². The predicted molar refractivity (Wildman–Crippen MR) is 52.7 cm³/mol. The molecule has 0 heterocycles. The summed E-state index contributed by atoms with van der Waals surface area (Å²) in [6.45, 7) is 0.0800. The molecule has 1 rings (SSSR count). The number of hydrogen-bond acceptors (Lipinski definition) is 4. The van der Waals surface area contributed by atoms with E-state index in [1.807, 2.05) is 6.07 Å². The lowest BCUT2D eigenvalue weighted by atomic mass is 10.2. The van der Waals surface area contributed by atoms with Gasteiger partial charge in [-0.1, -0.05) is 0 Å². The summed E-state index contributed by atoms with van der Waals surface area (Å²) in [6.07, 6.45) is 1.45. The molecule has 0 radical (unpaired) electrons. The lowest BCUT2D eigenvalue weighted by Crippen LogP contribution is -1.87. The van der Waals surface area contributed by atoms with Gasteiger partial charge in [-0.15, -0.1) is 0 Å². The average molecular weight is 190 g/mol. The Bertz CT molecular complexity index is 380. The minimum Gasteiger partial charge on any atom is -0.507 e.